The summed E-state index contributed by atoms with van der Waals surface area (Å²) in [6, 6.07) is -0.698. The molecule has 0 aliphatic heterocycles. The molecule has 0 saturated carbocycles. The topological polar surface area (TPSA) is 32.3 Å². The molecule has 0 heterocycles. The van der Waals surface area contributed by atoms with Gasteiger partial charge in [-0.3, -0.25) is 0 Å². The van der Waals surface area contributed by atoms with Gasteiger partial charge < -0.3 is 10.2 Å². The Morgan fingerprint density at radius 2 is 2.07 bits per heavy atom. The number of rotatable bonds is 4. The Morgan fingerprint density at radius 3 is 2.50 bits per heavy atom. The Balaban J connectivity index is 3.73. The highest BCUT2D eigenvalue weighted by molar-refractivity contribution is 7.98. The first-order valence-corrected chi connectivity index (χ1v) is 5.31. The van der Waals surface area contributed by atoms with E-state index in [0.717, 1.165) is 0 Å². The van der Waals surface area contributed by atoms with E-state index in [1.807, 2.05) is 6.26 Å². The minimum atomic E-state index is -4.35. The van der Waals surface area contributed by atoms with Crippen molar-refractivity contribution in [3.63, 3.8) is 0 Å². The molecule has 0 bridgehead atoms. The molecule has 0 radical (unpaired) electrons. The average molecular weight is 230 g/mol. The number of hydrogen-bond donors (Lipinski definition) is 1. The van der Waals surface area contributed by atoms with Gasteiger partial charge in [0.05, 0.1) is 0 Å². The van der Waals surface area contributed by atoms with Crippen LogP contribution >= 0.6 is 11.8 Å². The highest BCUT2D eigenvalue weighted by atomic mass is 32.2. The smallest absolute Gasteiger partial charge is 0.329 e. The second kappa shape index (κ2) is 6.00. The maximum absolute atomic E-state index is 11.7. The van der Waals surface area contributed by atoms with Gasteiger partial charge in [0, 0.05) is 19.3 Å². The number of halogens is 3. The van der Waals surface area contributed by atoms with E-state index < -0.39 is 18.8 Å². The predicted octanol–water partition coefficient (Wildman–Crippen LogP) is 1.55. The van der Waals surface area contributed by atoms with Gasteiger partial charge in [0.25, 0.3) is 0 Å². The molecular weight excluding hydrogens is 217 g/mol. The second-order valence-electron chi connectivity index (χ2n) is 2.69. The molecule has 84 valence electrons. The molecule has 0 aromatic rings. The maximum Gasteiger partial charge on any atom is 0.405 e. The van der Waals surface area contributed by atoms with Crippen molar-refractivity contribution >= 4 is 17.8 Å². The molecule has 0 saturated heterocycles. The maximum atomic E-state index is 11.7. The van der Waals surface area contributed by atoms with Gasteiger partial charge in [-0.1, -0.05) is 0 Å². The van der Waals surface area contributed by atoms with Gasteiger partial charge in [-0.15, -0.1) is 0 Å². The highest BCUT2D eigenvalue weighted by Gasteiger charge is 2.28. The summed E-state index contributed by atoms with van der Waals surface area (Å²) in [4.78, 5) is 12.2. The van der Waals surface area contributed by atoms with Crippen LogP contribution < -0.4 is 5.32 Å². The number of carbonyl (C=O) groups is 1. The molecule has 1 N–H and O–H groups in total. The van der Waals surface area contributed by atoms with Crippen molar-refractivity contribution in [3.8, 4) is 0 Å². The third-order valence-electron chi connectivity index (χ3n) is 1.42. The van der Waals surface area contributed by atoms with E-state index in [1.54, 1.807) is 5.32 Å². The van der Waals surface area contributed by atoms with Gasteiger partial charge in [-0.05, 0) is 6.26 Å². The van der Waals surface area contributed by atoms with Gasteiger partial charge in [0.15, 0.2) is 0 Å². The lowest BCUT2D eigenvalue weighted by Crippen LogP contribution is -2.42. The Morgan fingerprint density at radius 1 is 1.50 bits per heavy atom. The van der Waals surface area contributed by atoms with Crippen LogP contribution in [0.5, 0.6) is 0 Å². The van der Waals surface area contributed by atoms with Gasteiger partial charge in [-0.2, -0.15) is 24.9 Å². The van der Waals surface area contributed by atoms with Gasteiger partial charge in [0.2, 0.25) is 0 Å². The minimum Gasteiger partial charge on any atom is -0.329 e. The van der Waals surface area contributed by atoms with E-state index in [1.165, 1.54) is 23.7 Å². The van der Waals surface area contributed by atoms with Crippen molar-refractivity contribution in [2.45, 2.75) is 6.18 Å². The summed E-state index contributed by atoms with van der Waals surface area (Å²) in [6.07, 6.45) is -2.49. The molecule has 0 unspecified atom stereocenters. The quantitative estimate of drug-likeness (QED) is 0.794. The van der Waals surface area contributed by atoms with Crippen LogP contribution in [0.2, 0.25) is 0 Å². The van der Waals surface area contributed by atoms with Crippen molar-refractivity contribution in [2.24, 2.45) is 0 Å². The van der Waals surface area contributed by atoms with E-state index in [2.05, 4.69) is 0 Å². The molecule has 0 aromatic heterocycles. The van der Waals surface area contributed by atoms with Crippen LogP contribution in [0.15, 0.2) is 0 Å². The van der Waals surface area contributed by atoms with Crippen LogP contribution in [0.4, 0.5) is 18.0 Å². The van der Waals surface area contributed by atoms with Crippen LogP contribution in [0, 0.1) is 0 Å². The molecule has 0 aliphatic carbocycles. The zero-order chi connectivity index (χ0) is 11.2. The SMILES string of the molecule is CSCCN(C)C(=O)NCC(F)(F)F. The highest BCUT2D eigenvalue weighted by Crippen LogP contribution is 2.12. The van der Waals surface area contributed by atoms with Crippen molar-refractivity contribution in [1.82, 2.24) is 10.2 Å². The van der Waals surface area contributed by atoms with E-state index in [9.17, 15) is 18.0 Å². The fraction of sp³-hybridized carbons (Fsp3) is 0.857. The van der Waals surface area contributed by atoms with Gasteiger partial charge >= 0.3 is 12.2 Å². The predicted molar refractivity (Wildman–Crippen MR) is 50.5 cm³/mol. The van der Waals surface area contributed by atoms with Crippen LogP contribution in [0.3, 0.4) is 0 Å². The van der Waals surface area contributed by atoms with Crippen molar-refractivity contribution in [2.75, 3.05) is 32.1 Å². The average Bonchev–Trinajstić information content (AvgIpc) is 2.09. The number of carbonyl (C=O) groups excluding carboxylic acids is 1. The first-order valence-electron chi connectivity index (χ1n) is 3.91. The molecule has 0 fully saturated rings. The van der Waals surface area contributed by atoms with Crippen molar-refractivity contribution in [1.29, 1.82) is 0 Å². The molecule has 0 aliphatic rings. The molecule has 0 spiro atoms. The van der Waals surface area contributed by atoms with E-state index in [0.29, 0.717) is 12.3 Å². The van der Waals surface area contributed by atoms with Crippen LogP contribution in [-0.2, 0) is 0 Å². The third kappa shape index (κ3) is 6.88. The summed E-state index contributed by atoms with van der Waals surface area (Å²) in [5.41, 5.74) is 0. The Kier molecular flexibility index (Phi) is 5.75. The molecule has 14 heavy (non-hydrogen) atoms. The fourth-order valence-corrected chi connectivity index (χ4v) is 1.10. The fourth-order valence-electron chi connectivity index (χ4n) is 0.641. The lowest BCUT2D eigenvalue weighted by atomic mass is 10.6. The van der Waals surface area contributed by atoms with Gasteiger partial charge in [0.1, 0.15) is 6.54 Å². The number of hydrogen-bond acceptors (Lipinski definition) is 2. The first-order chi connectivity index (χ1) is 6.37. The summed E-state index contributed by atoms with van der Waals surface area (Å²) in [5.74, 6) is 0.704. The van der Waals surface area contributed by atoms with Crippen molar-refractivity contribution in [3.05, 3.63) is 0 Å². The molecule has 2 amide bonds. The largest absolute Gasteiger partial charge is 0.405 e. The zero-order valence-electron chi connectivity index (χ0n) is 8.02. The normalized spacial score (nSPS) is 11.2. The summed E-state index contributed by atoms with van der Waals surface area (Å²) in [5, 5.41) is 1.78. The summed E-state index contributed by atoms with van der Waals surface area (Å²) < 4.78 is 35.1. The number of alkyl halides is 3. The molecule has 3 nitrogen and oxygen atoms in total. The Labute approximate surface area is 85.0 Å². The van der Waals surface area contributed by atoms with Crippen LogP contribution in [0.1, 0.15) is 0 Å². The summed E-state index contributed by atoms with van der Waals surface area (Å²) >= 11 is 1.53. The van der Waals surface area contributed by atoms with Crippen molar-refractivity contribution < 1.29 is 18.0 Å². The number of nitrogens with one attached hydrogen (secondary N) is 1. The molecular formula is C7H13F3N2OS. The molecule has 0 rings (SSSR count). The molecule has 0 aromatic carbocycles. The number of thioether (sulfide) groups is 1. The monoisotopic (exact) mass is 230 g/mol. The number of nitrogens with zero attached hydrogens (tertiary/aromatic N) is 1. The van der Waals surface area contributed by atoms with Crippen LogP contribution in [0.25, 0.3) is 0 Å². The second-order valence-corrected chi connectivity index (χ2v) is 3.67. The summed E-state index contributed by atoms with van der Waals surface area (Å²) in [7, 11) is 1.46. The van der Waals surface area contributed by atoms with Gasteiger partial charge in [-0.25, -0.2) is 4.79 Å². The summed E-state index contributed by atoms with van der Waals surface area (Å²) in [6.45, 7) is -0.847. The zero-order valence-corrected chi connectivity index (χ0v) is 8.84. The standard InChI is InChI=1S/C7H13F3N2OS/c1-12(3-4-14-2)6(13)11-5-7(8,9)10/h3-5H2,1-2H3,(H,11,13). The lowest BCUT2D eigenvalue weighted by molar-refractivity contribution is -0.123. The van der Waals surface area contributed by atoms with E-state index in [4.69, 9.17) is 0 Å². The van der Waals surface area contributed by atoms with Crippen LogP contribution in [-0.4, -0.2) is 49.3 Å². The first kappa shape index (κ1) is 13.4. The molecule has 0 atom stereocenters. The Hall–Kier alpha value is -0.590. The third-order valence-corrected chi connectivity index (χ3v) is 2.01. The minimum absolute atomic E-state index is 0.435. The Bertz CT molecular complexity index is 186. The number of amides is 2. The van der Waals surface area contributed by atoms with E-state index in [-0.39, 0.29) is 0 Å². The van der Waals surface area contributed by atoms with E-state index >= 15 is 0 Å². The lowest BCUT2D eigenvalue weighted by Gasteiger charge is -2.17. The molecule has 7 heteroatoms. The number of urea groups is 1.